The molecular weight excluding hydrogens is 474 g/mol. The van der Waals surface area contributed by atoms with E-state index in [2.05, 4.69) is 5.32 Å². The number of nitrogens with one attached hydrogen (secondary N) is 1. The van der Waals surface area contributed by atoms with Crippen molar-refractivity contribution in [1.29, 1.82) is 0 Å². The number of primary sulfonamides is 1. The summed E-state index contributed by atoms with van der Waals surface area (Å²) in [5.74, 6) is -0.473. The van der Waals surface area contributed by atoms with Gasteiger partial charge in [-0.05, 0) is 48.7 Å². The van der Waals surface area contributed by atoms with Crippen LogP contribution in [-0.4, -0.2) is 40.1 Å². The molecule has 0 unspecified atom stereocenters. The fourth-order valence-corrected chi connectivity index (χ4v) is 5.17. The average molecular weight is 502 g/mol. The number of benzene rings is 3. The number of hydrogen-bond donors (Lipinski definition) is 2. The minimum atomic E-state index is -3.90. The number of carbonyl (C=O) groups is 1. The summed E-state index contributed by atoms with van der Waals surface area (Å²) in [5.41, 5.74) is 2.54. The van der Waals surface area contributed by atoms with Crippen molar-refractivity contribution in [3.05, 3.63) is 95.6 Å². The Morgan fingerprint density at radius 2 is 1.41 bits per heavy atom. The Morgan fingerprint density at radius 3 is 2.00 bits per heavy atom. The number of rotatable bonds is 10. The van der Waals surface area contributed by atoms with Crippen molar-refractivity contribution < 1.29 is 21.6 Å². The van der Waals surface area contributed by atoms with Gasteiger partial charge in [-0.1, -0.05) is 60.2 Å². The SMILES string of the molecule is Cc1ccc(S(=O)(=O)N(CCc2ccccc2)CC(=O)NCc2ccc(S(N)(=O)=O)cc2)cc1. The van der Waals surface area contributed by atoms with Crippen molar-refractivity contribution in [1.82, 2.24) is 9.62 Å². The zero-order chi connectivity index (χ0) is 24.8. The third-order valence-electron chi connectivity index (χ3n) is 5.21. The second kappa shape index (κ2) is 10.9. The van der Waals surface area contributed by atoms with E-state index < -0.39 is 26.0 Å². The van der Waals surface area contributed by atoms with Gasteiger partial charge in [0.2, 0.25) is 26.0 Å². The van der Waals surface area contributed by atoms with Crippen molar-refractivity contribution in [3.8, 4) is 0 Å². The molecule has 8 nitrogen and oxygen atoms in total. The quantitative estimate of drug-likeness (QED) is 0.440. The summed E-state index contributed by atoms with van der Waals surface area (Å²) in [6.45, 7) is 1.77. The monoisotopic (exact) mass is 501 g/mol. The van der Waals surface area contributed by atoms with Gasteiger partial charge in [-0.3, -0.25) is 4.79 Å². The number of aryl methyl sites for hydroxylation is 1. The number of nitrogens with zero attached hydrogens (tertiary/aromatic N) is 1. The number of nitrogens with two attached hydrogens (primary N) is 1. The molecule has 3 rings (SSSR count). The van der Waals surface area contributed by atoms with Crippen LogP contribution < -0.4 is 10.5 Å². The van der Waals surface area contributed by atoms with E-state index in [0.29, 0.717) is 12.0 Å². The van der Waals surface area contributed by atoms with Crippen LogP contribution in [0.1, 0.15) is 16.7 Å². The Kier molecular flexibility index (Phi) is 8.21. The van der Waals surface area contributed by atoms with E-state index in [1.54, 1.807) is 12.1 Å². The Balaban J connectivity index is 1.72. The molecule has 1 amide bonds. The second-order valence-electron chi connectivity index (χ2n) is 7.85. The molecule has 10 heteroatoms. The predicted molar refractivity (Wildman–Crippen MR) is 130 cm³/mol. The highest BCUT2D eigenvalue weighted by molar-refractivity contribution is 7.89. The molecule has 34 heavy (non-hydrogen) atoms. The first-order valence-electron chi connectivity index (χ1n) is 10.5. The molecule has 0 atom stereocenters. The lowest BCUT2D eigenvalue weighted by molar-refractivity contribution is -0.121. The summed E-state index contributed by atoms with van der Waals surface area (Å²) in [5, 5.41) is 7.78. The Hall–Kier alpha value is -3.05. The molecule has 0 aliphatic rings. The van der Waals surface area contributed by atoms with Gasteiger partial charge in [-0.25, -0.2) is 22.0 Å². The van der Waals surface area contributed by atoms with E-state index in [1.165, 1.54) is 40.7 Å². The first kappa shape index (κ1) is 25.6. The van der Waals surface area contributed by atoms with E-state index in [9.17, 15) is 21.6 Å². The van der Waals surface area contributed by atoms with Crippen LogP contribution in [0.5, 0.6) is 0 Å². The summed E-state index contributed by atoms with van der Waals surface area (Å²) < 4.78 is 50.5. The Morgan fingerprint density at radius 1 is 0.824 bits per heavy atom. The van der Waals surface area contributed by atoms with Crippen LogP contribution in [0.25, 0.3) is 0 Å². The van der Waals surface area contributed by atoms with Crippen molar-refractivity contribution in [3.63, 3.8) is 0 Å². The van der Waals surface area contributed by atoms with Crippen molar-refractivity contribution >= 4 is 26.0 Å². The molecule has 3 N–H and O–H groups in total. The topological polar surface area (TPSA) is 127 Å². The fourth-order valence-electron chi connectivity index (χ4n) is 3.26. The van der Waals surface area contributed by atoms with Gasteiger partial charge >= 0.3 is 0 Å². The van der Waals surface area contributed by atoms with E-state index in [-0.39, 0.29) is 29.4 Å². The van der Waals surface area contributed by atoms with E-state index in [1.807, 2.05) is 37.3 Å². The van der Waals surface area contributed by atoms with Gasteiger partial charge in [0.1, 0.15) is 0 Å². The van der Waals surface area contributed by atoms with Gasteiger partial charge in [0.05, 0.1) is 16.3 Å². The summed E-state index contributed by atoms with van der Waals surface area (Å²) in [6.07, 6.45) is 0.453. The first-order chi connectivity index (χ1) is 16.1. The van der Waals surface area contributed by atoms with Gasteiger partial charge in [-0.15, -0.1) is 0 Å². The molecule has 0 saturated carbocycles. The zero-order valence-electron chi connectivity index (χ0n) is 18.7. The maximum atomic E-state index is 13.3. The molecule has 3 aromatic carbocycles. The van der Waals surface area contributed by atoms with Crippen LogP contribution in [-0.2, 0) is 37.8 Å². The molecule has 3 aromatic rings. The molecule has 0 bridgehead atoms. The van der Waals surface area contributed by atoms with Gasteiger partial charge in [-0.2, -0.15) is 4.31 Å². The van der Waals surface area contributed by atoms with Gasteiger partial charge in [0.15, 0.2) is 0 Å². The van der Waals surface area contributed by atoms with Gasteiger partial charge < -0.3 is 5.32 Å². The summed E-state index contributed by atoms with van der Waals surface area (Å²) in [6, 6.07) is 21.7. The lowest BCUT2D eigenvalue weighted by atomic mass is 10.1. The predicted octanol–water partition coefficient (Wildman–Crippen LogP) is 2.19. The lowest BCUT2D eigenvalue weighted by Crippen LogP contribution is -2.41. The minimum absolute atomic E-state index is 0.0288. The molecule has 0 saturated heterocycles. The van der Waals surface area contributed by atoms with Crippen molar-refractivity contribution in [2.24, 2.45) is 5.14 Å². The lowest BCUT2D eigenvalue weighted by Gasteiger charge is -2.22. The molecule has 0 spiro atoms. The summed E-state index contributed by atoms with van der Waals surface area (Å²) in [4.78, 5) is 12.8. The van der Waals surface area contributed by atoms with E-state index in [4.69, 9.17) is 5.14 Å². The van der Waals surface area contributed by atoms with Gasteiger partial charge in [0.25, 0.3) is 0 Å². The molecule has 0 heterocycles. The minimum Gasteiger partial charge on any atom is -0.351 e. The maximum Gasteiger partial charge on any atom is 0.243 e. The molecule has 0 aliphatic heterocycles. The molecule has 0 radical (unpaired) electrons. The highest BCUT2D eigenvalue weighted by Gasteiger charge is 2.26. The Bertz CT molecular complexity index is 1320. The first-order valence-corrected chi connectivity index (χ1v) is 13.5. The number of hydrogen-bond acceptors (Lipinski definition) is 5. The van der Waals surface area contributed by atoms with Crippen LogP contribution in [0.2, 0.25) is 0 Å². The smallest absolute Gasteiger partial charge is 0.243 e. The normalized spacial score (nSPS) is 12.0. The van der Waals surface area contributed by atoms with Crippen LogP contribution in [0.15, 0.2) is 88.7 Å². The Labute approximate surface area is 200 Å². The molecule has 0 fully saturated rings. The van der Waals surface area contributed by atoms with Gasteiger partial charge in [0, 0.05) is 13.1 Å². The van der Waals surface area contributed by atoms with Crippen molar-refractivity contribution in [2.75, 3.05) is 13.1 Å². The van der Waals surface area contributed by atoms with Crippen LogP contribution in [0.3, 0.4) is 0 Å². The summed E-state index contributed by atoms with van der Waals surface area (Å²) >= 11 is 0. The number of amides is 1. The summed E-state index contributed by atoms with van der Waals surface area (Å²) in [7, 11) is -7.70. The third kappa shape index (κ3) is 6.97. The highest BCUT2D eigenvalue weighted by Crippen LogP contribution is 2.17. The zero-order valence-corrected chi connectivity index (χ0v) is 20.3. The van der Waals surface area contributed by atoms with Crippen LogP contribution in [0.4, 0.5) is 0 Å². The number of carbonyl (C=O) groups excluding carboxylic acids is 1. The third-order valence-corrected chi connectivity index (χ3v) is 8.00. The molecule has 0 aliphatic carbocycles. The standard InChI is InChI=1S/C24H27N3O5S2/c1-19-7-11-23(12-8-19)34(31,32)27(16-15-20-5-3-2-4-6-20)18-24(28)26-17-21-9-13-22(14-10-21)33(25,29)30/h2-14H,15-18H2,1H3,(H,26,28)(H2,25,29,30). The number of sulfonamides is 2. The average Bonchev–Trinajstić information content (AvgIpc) is 2.81. The second-order valence-corrected chi connectivity index (χ2v) is 11.4. The molecular formula is C24H27N3O5S2. The largest absolute Gasteiger partial charge is 0.351 e. The maximum absolute atomic E-state index is 13.3. The molecule has 180 valence electrons. The van der Waals surface area contributed by atoms with Crippen molar-refractivity contribution in [2.45, 2.75) is 29.7 Å². The fraction of sp³-hybridized carbons (Fsp3) is 0.208. The van der Waals surface area contributed by atoms with Crippen LogP contribution >= 0.6 is 0 Å². The molecule has 0 aromatic heterocycles. The van der Waals surface area contributed by atoms with Crippen LogP contribution in [0, 0.1) is 6.92 Å². The highest BCUT2D eigenvalue weighted by atomic mass is 32.2. The van der Waals surface area contributed by atoms with E-state index >= 15 is 0 Å². The van der Waals surface area contributed by atoms with E-state index in [0.717, 1.165) is 11.1 Å².